The summed E-state index contributed by atoms with van der Waals surface area (Å²) in [4.78, 5) is 14.6. The van der Waals surface area contributed by atoms with Crippen LogP contribution in [-0.2, 0) is 0 Å². The zero-order valence-corrected chi connectivity index (χ0v) is 12.3. The molecule has 0 radical (unpaired) electrons. The van der Waals surface area contributed by atoms with E-state index in [1.807, 2.05) is 19.2 Å². The van der Waals surface area contributed by atoms with Crippen LogP contribution >= 0.6 is 0 Å². The predicted octanol–water partition coefficient (Wildman–Crippen LogP) is 2.79. The number of hydrogen-bond donors (Lipinski definition) is 1. The largest absolute Gasteiger partial charge is 0.490 e. The summed E-state index contributed by atoms with van der Waals surface area (Å²) in [5.74, 6) is 0.672. The lowest BCUT2D eigenvalue weighted by Crippen LogP contribution is -2.33. The van der Waals surface area contributed by atoms with Crippen molar-refractivity contribution >= 4 is 5.69 Å². The van der Waals surface area contributed by atoms with Gasteiger partial charge in [0.05, 0.1) is 16.7 Å². The number of nitrogens with one attached hydrogen (secondary N) is 1. The van der Waals surface area contributed by atoms with Crippen molar-refractivity contribution in [1.82, 2.24) is 10.3 Å². The standard InChI is InChI=1S/C16H17N3O3/c1-17-16(5-6-16)11-22-15-8-13(9-18-10-15)12-3-2-4-14(7-12)19(20)21/h2-4,7-10,17H,5-6,11H2,1H3. The van der Waals surface area contributed by atoms with E-state index in [1.165, 1.54) is 12.1 Å². The molecule has 0 unspecified atom stereocenters. The minimum Gasteiger partial charge on any atom is -0.490 e. The Morgan fingerprint density at radius 1 is 1.32 bits per heavy atom. The smallest absolute Gasteiger partial charge is 0.270 e. The molecule has 0 saturated heterocycles. The Kier molecular flexibility index (Phi) is 3.77. The summed E-state index contributed by atoms with van der Waals surface area (Å²) in [5, 5.41) is 14.1. The lowest BCUT2D eigenvalue weighted by Gasteiger charge is -2.15. The maximum absolute atomic E-state index is 10.9. The Balaban J connectivity index is 1.78. The lowest BCUT2D eigenvalue weighted by molar-refractivity contribution is -0.384. The van der Waals surface area contributed by atoms with Crippen LogP contribution in [0.5, 0.6) is 5.75 Å². The van der Waals surface area contributed by atoms with E-state index in [0.29, 0.717) is 12.4 Å². The van der Waals surface area contributed by atoms with E-state index in [-0.39, 0.29) is 11.2 Å². The number of aromatic nitrogens is 1. The topological polar surface area (TPSA) is 77.3 Å². The van der Waals surface area contributed by atoms with Gasteiger partial charge in [0.2, 0.25) is 0 Å². The van der Waals surface area contributed by atoms with Crippen molar-refractivity contribution in [3.05, 3.63) is 52.8 Å². The molecule has 6 nitrogen and oxygen atoms in total. The van der Waals surface area contributed by atoms with Crippen LogP contribution in [0.2, 0.25) is 0 Å². The van der Waals surface area contributed by atoms with E-state index in [1.54, 1.807) is 18.5 Å². The molecule has 1 aromatic carbocycles. The number of nitrogens with zero attached hydrogens (tertiary/aromatic N) is 2. The summed E-state index contributed by atoms with van der Waals surface area (Å²) in [6.07, 6.45) is 5.56. The van der Waals surface area contributed by atoms with E-state index in [0.717, 1.165) is 24.0 Å². The van der Waals surface area contributed by atoms with Crippen LogP contribution < -0.4 is 10.1 Å². The first kappa shape index (κ1) is 14.5. The van der Waals surface area contributed by atoms with Crippen LogP contribution in [0.4, 0.5) is 5.69 Å². The predicted molar refractivity (Wildman–Crippen MR) is 82.8 cm³/mol. The number of nitro benzene ring substituents is 1. The van der Waals surface area contributed by atoms with E-state index in [2.05, 4.69) is 10.3 Å². The Hall–Kier alpha value is -2.47. The van der Waals surface area contributed by atoms with Crippen molar-refractivity contribution in [2.75, 3.05) is 13.7 Å². The Morgan fingerprint density at radius 3 is 2.82 bits per heavy atom. The highest BCUT2D eigenvalue weighted by atomic mass is 16.6. The molecule has 0 atom stereocenters. The zero-order valence-electron chi connectivity index (χ0n) is 12.3. The molecule has 1 aliphatic rings. The molecule has 3 rings (SSSR count). The third-order valence-electron chi connectivity index (χ3n) is 4.00. The molecule has 1 N–H and O–H groups in total. The maximum Gasteiger partial charge on any atom is 0.270 e. The molecule has 1 aromatic heterocycles. The van der Waals surface area contributed by atoms with Gasteiger partial charge in [0, 0.05) is 23.9 Å². The van der Waals surface area contributed by atoms with Crippen molar-refractivity contribution in [3.8, 4) is 16.9 Å². The average Bonchev–Trinajstić information content (AvgIpc) is 3.34. The van der Waals surface area contributed by atoms with Gasteiger partial charge in [-0.1, -0.05) is 12.1 Å². The molecule has 1 saturated carbocycles. The first-order chi connectivity index (χ1) is 10.6. The van der Waals surface area contributed by atoms with Crippen molar-refractivity contribution in [2.24, 2.45) is 0 Å². The second-order valence-corrected chi connectivity index (χ2v) is 5.54. The lowest BCUT2D eigenvalue weighted by atomic mass is 10.1. The van der Waals surface area contributed by atoms with Crippen molar-refractivity contribution in [3.63, 3.8) is 0 Å². The number of non-ortho nitro benzene ring substituents is 1. The Bertz CT molecular complexity index is 699. The fourth-order valence-electron chi connectivity index (χ4n) is 2.29. The highest BCUT2D eigenvalue weighted by Gasteiger charge is 2.41. The Morgan fingerprint density at radius 2 is 2.14 bits per heavy atom. The van der Waals surface area contributed by atoms with Crippen LogP contribution in [0.25, 0.3) is 11.1 Å². The summed E-state index contributed by atoms with van der Waals surface area (Å²) < 4.78 is 5.81. The van der Waals surface area contributed by atoms with Crippen LogP contribution in [0.15, 0.2) is 42.7 Å². The number of rotatable bonds is 6. The van der Waals surface area contributed by atoms with Gasteiger partial charge in [-0.3, -0.25) is 15.1 Å². The highest BCUT2D eigenvalue weighted by Crippen LogP contribution is 2.35. The van der Waals surface area contributed by atoms with Crippen LogP contribution in [0.3, 0.4) is 0 Å². The average molecular weight is 299 g/mol. The number of benzene rings is 1. The molecule has 2 aromatic rings. The fraction of sp³-hybridized carbons (Fsp3) is 0.312. The van der Waals surface area contributed by atoms with Crippen LogP contribution in [0, 0.1) is 10.1 Å². The van der Waals surface area contributed by atoms with Gasteiger partial charge in [-0.15, -0.1) is 0 Å². The molecule has 22 heavy (non-hydrogen) atoms. The van der Waals surface area contributed by atoms with Gasteiger partial charge in [0.1, 0.15) is 12.4 Å². The molecule has 6 heteroatoms. The van der Waals surface area contributed by atoms with Gasteiger partial charge in [-0.2, -0.15) is 0 Å². The second-order valence-electron chi connectivity index (χ2n) is 5.54. The Labute approximate surface area is 128 Å². The molecular formula is C16H17N3O3. The first-order valence-electron chi connectivity index (χ1n) is 7.13. The number of likely N-dealkylation sites (N-methyl/N-ethyl adjacent to an activating group) is 1. The van der Waals surface area contributed by atoms with Gasteiger partial charge in [-0.05, 0) is 31.5 Å². The summed E-state index contributed by atoms with van der Waals surface area (Å²) in [6, 6.07) is 8.36. The zero-order chi connectivity index (χ0) is 15.6. The van der Waals surface area contributed by atoms with Crippen LogP contribution in [-0.4, -0.2) is 29.1 Å². The van der Waals surface area contributed by atoms with Gasteiger partial charge in [-0.25, -0.2) is 0 Å². The molecule has 0 spiro atoms. The summed E-state index contributed by atoms with van der Waals surface area (Å²) in [6.45, 7) is 0.601. The second kappa shape index (κ2) is 5.73. The van der Waals surface area contributed by atoms with E-state index < -0.39 is 4.92 Å². The quantitative estimate of drug-likeness (QED) is 0.655. The SMILES string of the molecule is CNC1(COc2cncc(-c3cccc([N+](=O)[O-])c3)c2)CC1. The number of hydrogen-bond acceptors (Lipinski definition) is 5. The first-order valence-corrected chi connectivity index (χ1v) is 7.13. The molecule has 1 aliphatic carbocycles. The fourth-order valence-corrected chi connectivity index (χ4v) is 2.29. The number of nitro groups is 1. The van der Waals surface area contributed by atoms with E-state index in [4.69, 9.17) is 4.74 Å². The number of ether oxygens (including phenoxy) is 1. The van der Waals surface area contributed by atoms with Crippen molar-refractivity contribution < 1.29 is 9.66 Å². The molecule has 0 aliphatic heterocycles. The van der Waals surface area contributed by atoms with Gasteiger partial charge in [0.25, 0.3) is 5.69 Å². The third-order valence-corrected chi connectivity index (χ3v) is 4.00. The number of pyridine rings is 1. The van der Waals surface area contributed by atoms with Crippen molar-refractivity contribution in [1.29, 1.82) is 0 Å². The molecule has 114 valence electrons. The summed E-state index contributed by atoms with van der Waals surface area (Å²) in [5.41, 5.74) is 1.72. The van der Waals surface area contributed by atoms with E-state index in [9.17, 15) is 10.1 Å². The van der Waals surface area contributed by atoms with Crippen molar-refractivity contribution in [2.45, 2.75) is 18.4 Å². The van der Waals surface area contributed by atoms with Crippen LogP contribution in [0.1, 0.15) is 12.8 Å². The molecule has 0 amide bonds. The van der Waals surface area contributed by atoms with Gasteiger partial charge >= 0.3 is 0 Å². The summed E-state index contributed by atoms with van der Waals surface area (Å²) >= 11 is 0. The minimum atomic E-state index is -0.402. The van der Waals surface area contributed by atoms with E-state index >= 15 is 0 Å². The third kappa shape index (κ3) is 3.07. The molecule has 1 heterocycles. The molecular weight excluding hydrogens is 282 g/mol. The minimum absolute atomic E-state index is 0.0657. The summed E-state index contributed by atoms with van der Waals surface area (Å²) in [7, 11) is 1.94. The van der Waals surface area contributed by atoms with Gasteiger partial charge < -0.3 is 10.1 Å². The highest BCUT2D eigenvalue weighted by molar-refractivity contribution is 5.66. The van der Waals surface area contributed by atoms with Gasteiger partial charge in [0.15, 0.2) is 0 Å². The molecule has 1 fully saturated rings. The monoisotopic (exact) mass is 299 g/mol. The maximum atomic E-state index is 10.9. The molecule has 0 bridgehead atoms. The normalized spacial score (nSPS) is 15.3.